The van der Waals surface area contributed by atoms with Crippen LogP contribution >= 0.6 is 24.0 Å². The lowest BCUT2D eigenvalue weighted by Crippen LogP contribution is -2.50. The van der Waals surface area contributed by atoms with Gasteiger partial charge in [-0.05, 0) is 0 Å². The summed E-state index contributed by atoms with van der Waals surface area (Å²) in [6.45, 7) is -0.623. The standard InChI is InChI=1S/C4H11NO3.C2H6ClN.ClH/c5-4(1-6,2-7)3-8;3-1-2-4;/h6-8H,1-3,5H2;1-2,4H2;1H. The third-order valence-corrected chi connectivity index (χ3v) is 1.27. The Bertz CT molecular complexity index is 83.7. The fraction of sp³-hybridized carbons (Fsp3) is 1.00. The molecule has 0 aromatic heterocycles. The molecule has 0 saturated carbocycles. The molecule has 0 unspecified atom stereocenters. The summed E-state index contributed by atoms with van der Waals surface area (Å²) in [5, 5.41) is 25.0. The highest BCUT2D eigenvalue weighted by Gasteiger charge is 2.20. The van der Waals surface area contributed by atoms with Crippen LogP contribution in [0.25, 0.3) is 0 Å². The van der Waals surface area contributed by atoms with Crippen molar-refractivity contribution in [2.45, 2.75) is 5.54 Å². The molecule has 13 heavy (non-hydrogen) atoms. The number of hydrogen-bond acceptors (Lipinski definition) is 5. The first-order valence-electron chi connectivity index (χ1n) is 3.47. The molecule has 0 aliphatic rings. The maximum absolute atomic E-state index is 8.34. The summed E-state index contributed by atoms with van der Waals surface area (Å²) in [5.74, 6) is 0.569. The average molecular weight is 237 g/mol. The summed E-state index contributed by atoms with van der Waals surface area (Å²) >= 11 is 5.06. The lowest BCUT2D eigenvalue weighted by molar-refractivity contribution is 0.0698. The molecule has 0 aliphatic carbocycles. The minimum Gasteiger partial charge on any atom is -0.394 e. The third-order valence-electron chi connectivity index (χ3n) is 1.05. The lowest BCUT2D eigenvalue weighted by Gasteiger charge is -2.20. The Morgan fingerprint density at radius 3 is 1.31 bits per heavy atom. The van der Waals surface area contributed by atoms with Crippen LogP contribution in [-0.2, 0) is 0 Å². The van der Waals surface area contributed by atoms with E-state index in [9.17, 15) is 0 Å². The molecule has 0 amide bonds. The Kier molecular flexibility index (Phi) is 18.1. The predicted molar refractivity (Wildman–Crippen MR) is 55.2 cm³/mol. The molecule has 5 nitrogen and oxygen atoms in total. The van der Waals surface area contributed by atoms with E-state index in [0.717, 1.165) is 0 Å². The van der Waals surface area contributed by atoms with Gasteiger partial charge in [-0.2, -0.15) is 0 Å². The van der Waals surface area contributed by atoms with Crippen LogP contribution in [0.5, 0.6) is 0 Å². The first kappa shape index (κ1) is 19.0. The zero-order chi connectivity index (χ0) is 10.0. The van der Waals surface area contributed by atoms with Crippen LogP contribution in [0.15, 0.2) is 0 Å². The minimum absolute atomic E-state index is 0. The maximum atomic E-state index is 8.34. The molecule has 0 fully saturated rings. The summed E-state index contributed by atoms with van der Waals surface area (Å²) in [7, 11) is 0. The fourth-order valence-corrected chi connectivity index (χ4v) is 0.150. The van der Waals surface area contributed by atoms with Crippen molar-refractivity contribution in [1.82, 2.24) is 0 Å². The van der Waals surface area contributed by atoms with Crippen molar-refractivity contribution in [1.29, 1.82) is 0 Å². The van der Waals surface area contributed by atoms with Crippen LogP contribution in [0.1, 0.15) is 0 Å². The quantitative estimate of drug-likeness (QED) is 0.373. The van der Waals surface area contributed by atoms with Crippen LogP contribution in [0.3, 0.4) is 0 Å². The van der Waals surface area contributed by atoms with Crippen LogP contribution in [0.4, 0.5) is 0 Å². The molecule has 0 aromatic carbocycles. The molecule has 7 heteroatoms. The van der Waals surface area contributed by atoms with Gasteiger partial charge in [0, 0.05) is 12.4 Å². The average Bonchev–Trinajstić information content (AvgIpc) is 2.17. The zero-order valence-corrected chi connectivity index (χ0v) is 8.89. The highest BCUT2D eigenvalue weighted by Crippen LogP contribution is 1.93. The third kappa shape index (κ3) is 12.4. The van der Waals surface area contributed by atoms with E-state index in [0.29, 0.717) is 12.4 Å². The molecule has 0 bridgehead atoms. The van der Waals surface area contributed by atoms with E-state index in [2.05, 4.69) is 0 Å². The van der Waals surface area contributed by atoms with Crippen LogP contribution in [0.2, 0.25) is 0 Å². The number of halogens is 2. The second-order valence-electron chi connectivity index (χ2n) is 2.31. The van der Waals surface area contributed by atoms with Crippen molar-refractivity contribution in [2.75, 3.05) is 32.2 Å². The Balaban J connectivity index is -0.000000173. The SMILES string of the molecule is Cl.NC(CO)(CO)CO.NCCCl. The summed E-state index contributed by atoms with van der Waals surface area (Å²) in [5.41, 5.74) is 8.83. The normalized spacial score (nSPS) is 9.69. The number of aliphatic hydroxyl groups excluding tert-OH is 3. The van der Waals surface area contributed by atoms with E-state index in [1.165, 1.54) is 0 Å². The number of rotatable bonds is 4. The zero-order valence-electron chi connectivity index (χ0n) is 7.32. The summed E-state index contributed by atoms with van der Waals surface area (Å²) in [4.78, 5) is 0. The van der Waals surface area contributed by atoms with Gasteiger partial charge in [-0.3, -0.25) is 0 Å². The highest BCUT2D eigenvalue weighted by molar-refractivity contribution is 6.18. The lowest BCUT2D eigenvalue weighted by atomic mass is 10.1. The predicted octanol–water partition coefficient (Wildman–Crippen LogP) is -1.73. The molecule has 0 aromatic rings. The summed E-state index contributed by atoms with van der Waals surface area (Å²) in [6.07, 6.45) is 0. The van der Waals surface area contributed by atoms with Gasteiger partial charge in [0.05, 0.1) is 25.4 Å². The van der Waals surface area contributed by atoms with E-state index < -0.39 is 25.4 Å². The number of nitrogens with two attached hydrogens (primary N) is 2. The fourth-order valence-electron chi connectivity index (χ4n) is 0.150. The smallest absolute Gasteiger partial charge is 0.0856 e. The van der Waals surface area contributed by atoms with Gasteiger partial charge in [-0.15, -0.1) is 24.0 Å². The Hall–Kier alpha value is 0.380. The van der Waals surface area contributed by atoms with Crippen LogP contribution in [0, 0.1) is 0 Å². The molecule has 0 saturated heterocycles. The van der Waals surface area contributed by atoms with E-state index in [1.54, 1.807) is 0 Å². The van der Waals surface area contributed by atoms with Crippen molar-refractivity contribution in [3.8, 4) is 0 Å². The van der Waals surface area contributed by atoms with E-state index >= 15 is 0 Å². The molecular formula is C6H18Cl2N2O3. The summed E-state index contributed by atoms with van der Waals surface area (Å²) < 4.78 is 0. The largest absolute Gasteiger partial charge is 0.394 e. The van der Waals surface area contributed by atoms with Gasteiger partial charge in [0.1, 0.15) is 0 Å². The van der Waals surface area contributed by atoms with Gasteiger partial charge in [0.15, 0.2) is 0 Å². The Morgan fingerprint density at radius 1 is 1.08 bits per heavy atom. The van der Waals surface area contributed by atoms with Crippen molar-refractivity contribution in [2.24, 2.45) is 11.5 Å². The molecular weight excluding hydrogens is 219 g/mol. The van der Waals surface area contributed by atoms with Gasteiger partial charge in [-0.1, -0.05) is 0 Å². The Labute approximate surface area is 89.1 Å². The van der Waals surface area contributed by atoms with Crippen LogP contribution < -0.4 is 11.5 Å². The maximum Gasteiger partial charge on any atom is 0.0856 e. The van der Waals surface area contributed by atoms with Gasteiger partial charge < -0.3 is 26.8 Å². The van der Waals surface area contributed by atoms with Crippen LogP contribution in [-0.4, -0.2) is 53.1 Å². The van der Waals surface area contributed by atoms with E-state index in [1.807, 2.05) is 0 Å². The van der Waals surface area contributed by atoms with Crippen molar-refractivity contribution in [3.63, 3.8) is 0 Å². The number of aliphatic hydroxyl groups is 3. The van der Waals surface area contributed by atoms with Crippen molar-refractivity contribution < 1.29 is 15.3 Å². The van der Waals surface area contributed by atoms with Crippen molar-refractivity contribution >= 4 is 24.0 Å². The van der Waals surface area contributed by atoms with Gasteiger partial charge in [0.2, 0.25) is 0 Å². The highest BCUT2D eigenvalue weighted by atomic mass is 35.5. The monoisotopic (exact) mass is 236 g/mol. The Morgan fingerprint density at radius 2 is 1.31 bits per heavy atom. The number of alkyl halides is 1. The van der Waals surface area contributed by atoms with Gasteiger partial charge in [0.25, 0.3) is 0 Å². The minimum atomic E-state index is -1.21. The van der Waals surface area contributed by atoms with Gasteiger partial charge in [-0.25, -0.2) is 0 Å². The molecule has 0 spiro atoms. The first-order chi connectivity index (χ1) is 5.60. The second-order valence-corrected chi connectivity index (χ2v) is 2.69. The van der Waals surface area contributed by atoms with Gasteiger partial charge >= 0.3 is 0 Å². The molecule has 84 valence electrons. The summed E-state index contributed by atoms with van der Waals surface area (Å²) in [6, 6.07) is 0. The topological polar surface area (TPSA) is 113 Å². The second kappa shape index (κ2) is 12.4. The molecule has 0 rings (SSSR count). The van der Waals surface area contributed by atoms with E-state index in [4.69, 9.17) is 38.4 Å². The first-order valence-corrected chi connectivity index (χ1v) is 4.01. The molecule has 0 atom stereocenters. The molecule has 0 radical (unpaired) electrons. The van der Waals surface area contributed by atoms with E-state index in [-0.39, 0.29) is 12.4 Å². The molecule has 0 heterocycles. The molecule has 7 N–H and O–H groups in total. The molecule has 0 aliphatic heterocycles. The number of hydrogen-bond donors (Lipinski definition) is 5. The van der Waals surface area contributed by atoms with Crippen molar-refractivity contribution in [3.05, 3.63) is 0 Å².